The molecule has 0 spiro atoms. The minimum absolute atomic E-state index is 0.0766. The SMILES string of the molecule is Cn1ccc(-c2cccc(NC(=O)[C@H](Cc3ccccc3)NCc3cscn3)c2)n1. The van der Waals surface area contributed by atoms with E-state index in [9.17, 15) is 4.79 Å². The number of aromatic nitrogens is 3. The summed E-state index contributed by atoms with van der Waals surface area (Å²) in [6.07, 6.45) is 2.50. The first-order valence-corrected chi connectivity index (χ1v) is 10.7. The van der Waals surface area contributed by atoms with Crippen molar-refractivity contribution in [2.24, 2.45) is 7.05 Å². The van der Waals surface area contributed by atoms with Crippen molar-refractivity contribution in [2.75, 3.05) is 5.32 Å². The third-order valence-corrected chi connectivity index (χ3v) is 5.39. The molecule has 30 heavy (non-hydrogen) atoms. The Morgan fingerprint density at radius 3 is 2.73 bits per heavy atom. The molecule has 0 fully saturated rings. The summed E-state index contributed by atoms with van der Waals surface area (Å²) in [5, 5.41) is 12.8. The molecule has 4 rings (SSSR count). The third kappa shape index (κ3) is 5.20. The molecule has 7 heteroatoms. The molecule has 0 bridgehead atoms. The van der Waals surface area contributed by atoms with Gasteiger partial charge in [0.1, 0.15) is 0 Å². The lowest BCUT2D eigenvalue weighted by atomic mass is 10.0. The van der Waals surface area contributed by atoms with Crippen molar-refractivity contribution in [2.45, 2.75) is 19.0 Å². The largest absolute Gasteiger partial charge is 0.325 e. The molecule has 6 nitrogen and oxygen atoms in total. The fourth-order valence-electron chi connectivity index (χ4n) is 3.21. The Kier molecular flexibility index (Phi) is 6.32. The topological polar surface area (TPSA) is 71.8 Å². The maximum absolute atomic E-state index is 13.1. The highest BCUT2D eigenvalue weighted by molar-refractivity contribution is 7.07. The zero-order valence-corrected chi connectivity index (χ0v) is 17.5. The van der Waals surface area contributed by atoms with Crippen molar-refractivity contribution in [3.8, 4) is 11.3 Å². The van der Waals surface area contributed by atoms with Crippen molar-refractivity contribution >= 4 is 22.9 Å². The number of hydrogen-bond acceptors (Lipinski definition) is 5. The molecule has 0 aliphatic heterocycles. The van der Waals surface area contributed by atoms with Gasteiger partial charge in [-0.05, 0) is 30.2 Å². The average molecular weight is 418 g/mol. The summed E-state index contributed by atoms with van der Waals surface area (Å²) in [5.74, 6) is -0.0766. The van der Waals surface area contributed by atoms with E-state index in [1.54, 1.807) is 21.5 Å². The number of nitrogens with zero attached hydrogens (tertiary/aromatic N) is 3. The Morgan fingerprint density at radius 2 is 2.00 bits per heavy atom. The fourth-order valence-corrected chi connectivity index (χ4v) is 3.77. The van der Waals surface area contributed by atoms with Crippen LogP contribution >= 0.6 is 11.3 Å². The van der Waals surface area contributed by atoms with E-state index in [-0.39, 0.29) is 11.9 Å². The maximum Gasteiger partial charge on any atom is 0.241 e. The number of carbonyl (C=O) groups is 1. The summed E-state index contributed by atoms with van der Waals surface area (Å²) < 4.78 is 1.76. The second-order valence-corrected chi connectivity index (χ2v) is 7.77. The number of benzene rings is 2. The zero-order chi connectivity index (χ0) is 20.8. The van der Waals surface area contributed by atoms with Crippen LogP contribution in [0.15, 0.2) is 77.8 Å². The van der Waals surface area contributed by atoms with Crippen LogP contribution in [0.25, 0.3) is 11.3 Å². The molecule has 2 heterocycles. The van der Waals surface area contributed by atoms with Gasteiger partial charge in [0.15, 0.2) is 0 Å². The molecule has 4 aromatic rings. The van der Waals surface area contributed by atoms with Crippen LogP contribution in [0.3, 0.4) is 0 Å². The third-order valence-electron chi connectivity index (χ3n) is 4.75. The summed E-state index contributed by atoms with van der Waals surface area (Å²) in [7, 11) is 1.89. The van der Waals surface area contributed by atoms with Crippen LogP contribution in [0.2, 0.25) is 0 Å². The second kappa shape index (κ2) is 9.47. The molecular weight excluding hydrogens is 394 g/mol. The van der Waals surface area contributed by atoms with E-state index in [1.807, 2.05) is 79.3 Å². The zero-order valence-electron chi connectivity index (χ0n) is 16.7. The van der Waals surface area contributed by atoms with Crippen LogP contribution in [-0.4, -0.2) is 26.7 Å². The highest BCUT2D eigenvalue weighted by atomic mass is 32.1. The lowest BCUT2D eigenvalue weighted by molar-refractivity contribution is -0.118. The molecule has 152 valence electrons. The molecule has 0 radical (unpaired) electrons. The standard InChI is InChI=1S/C23H23N5OS/c1-28-11-10-21(27-28)18-8-5-9-19(13-18)26-23(29)22(12-17-6-3-2-4-7-17)24-14-20-15-30-16-25-20/h2-11,13,15-16,22,24H,12,14H2,1H3,(H,26,29)/t22-/m0/s1. The van der Waals surface area contributed by atoms with E-state index in [2.05, 4.69) is 20.7 Å². The molecule has 0 saturated heterocycles. The first-order valence-electron chi connectivity index (χ1n) is 9.73. The number of nitrogens with one attached hydrogen (secondary N) is 2. The number of anilines is 1. The van der Waals surface area contributed by atoms with Crippen LogP contribution in [0, 0.1) is 0 Å². The Bertz CT molecular complexity index is 1090. The van der Waals surface area contributed by atoms with E-state index >= 15 is 0 Å². The fraction of sp³-hybridized carbons (Fsp3) is 0.174. The van der Waals surface area contributed by atoms with Crippen LogP contribution in [-0.2, 0) is 24.8 Å². The lowest BCUT2D eigenvalue weighted by Gasteiger charge is -2.18. The molecule has 0 saturated carbocycles. The maximum atomic E-state index is 13.1. The minimum atomic E-state index is -0.382. The molecule has 0 aliphatic rings. The first kappa shape index (κ1) is 20.0. The number of rotatable bonds is 8. The van der Waals surface area contributed by atoms with Crippen LogP contribution in [0.4, 0.5) is 5.69 Å². The van der Waals surface area contributed by atoms with Gasteiger partial charge < -0.3 is 5.32 Å². The van der Waals surface area contributed by atoms with Crippen LogP contribution in [0.5, 0.6) is 0 Å². The molecular formula is C23H23N5OS. The quantitative estimate of drug-likeness (QED) is 0.456. The van der Waals surface area contributed by atoms with E-state index < -0.39 is 0 Å². The van der Waals surface area contributed by atoms with E-state index in [0.717, 1.165) is 28.2 Å². The van der Waals surface area contributed by atoms with Gasteiger partial charge in [-0.15, -0.1) is 11.3 Å². The summed E-state index contributed by atoms with van der Waals surface area (Å²) in [5.41, 5.74) is 6.41. The van der Waals surface area contributed by atoms with Crippen LogP contribution in [0.1, 0.15) is 11.3 Å². The predicted molar refractivity (Wildman–Crippen MR) is 120 cm³/mol. The Morgan fingerprint density at radius 1 is 1.13 bits per heavy atom. The summed E-state index contributed by atoms with van der Waals surface area (Å²) >= 11 is 1.55. The number of thiazole rings is 1. The summed E-state index contributed by atoms with van der Waals surface area (Å²) in [6, 6.07) is 19.3. The molecule has 2 N–H and O–H groups in total. The minimum Gasteiger partial charge on any atom is -0.325 e. The van der Waals surface area contributed by atoms with Gasteiger partial charge in [0.25, 0.3) is 0 Å². The van der Waals surface area contributed by atoms with Crippen molar-refractivity contribution in [3.63, 3.8) is 0 Å². The first-order chi connectivity index (χ1) is 14.7. The second-order valence-electron chi connectivity index (χ2n) is 7.05. The van der Waals surface area contributed by atoms with E-state index in [1.165, 1.54) is 0 Å². The Hall–Kier alpha value is -3.29. The molecule has 0 unspecified atom stereocenters. The molecule has 2 aromatic carbocycles. The van der Waals surface area contributed by atoms with E-state index in [0.29, 0.717) is 13.0 Å². The Labute approximate surface area is 179 Å². The average Bonchev–Trinajstić information content (AvgIpc) is 3.44. The van der Waals surface area contributed by atoms with Gasteiger partial charge in [0.2, 0.25) is 5.91 Å². The number of aryl methyl sites for hydroxylation is 1. The summed E-state index contributed by atoms with van der Waals surface area (Å²) in [4.78, 5) is 17.4. The van der Waals surface area contributed by atoms with Gasteiger partial charge in [0.05, 0.1) is 22.9 Å². The van der Waals surface area contributed by atoms with Crippen LogP contribution < -0.4 is 10.6 Å². The molecule has 1 atom stereocenters. The highest BCUT2D eigenvalue weighted by Crippen LogP contribution is 2.21. The smallest absolute Gasteiger partial charge is 0.241 e. The van der Waals surface area contributed by atoms with Gasteiger partial charge in [-0.1, -0.05) is 42.5 Å². The van der Waals surface area contributed by atoms with Crippen molar-refractivity contribution in [1.82, 2.24) is 20.1 Å². The lowest BCUT2D eigenvalue weighted by Crippen LogP contribution is -2.41. The van der Waals surface area contributed by atoms with Crippen molar-refractivity contribution in [1.29, 1.82) is 0 Å². The number of carbonyl (C=O) groups excluding carboxylic acids is 1. The van der Waals surface area contributed by atoms with E-state index in [4.69, 9.17) is 0 Å². The highest BCUT2D eigenvalue weighted by Gasteiger charge is 2.19. The number of amides is 1. The molecule has 0 aliphatic carbocycles. The molecule has 2 aromatic heterocycles. The monoisotopic (exact) mass is 417 g/mol. The predicted octanol–water partition coefficient (Wildman–Crippen LogP) is 3.88. The van der Waals surface area contributed by atoms with Gasteiger partial charge in [-0.2, -0.15) is 5.10 Å². The van der Waals surface area contributed by atoms with Gasteiger partial charge in [-0.25, -0.2) is 4.98 Å². The number of hydrogen-bond donors (Lipinski definition) is 2. The van der Waals surface area contributed by atoms with Gasteiger partial charge in [0, 0.05) is 36.4 Å². The molecule has 1 amide bonds. The van der Waals surface area contributed by atoms with Gasteiger partial charge >= 0.3 is 0 Å². The van der Waals surface area contributed by atoms with Crippen molar-refractivity contribution in [3.05, 3.63) is 89.0 Å². The summed E-state index contributed by atoms with van der Waals surface area (Å²) in [6.45, 7) is 0.544. The van der Waals surface area contributed by atoms with Gasteiger partial charge in [-0.3, -0.25) is 14.8 Å². The Balaban J connectivity index is 1.49. The van der Waals surface area contributed by atoms with Crippen molar-refractivity contribution < 1.29 is 4.79 Å². The normalized spacial score (nSPS) is 11.9.